The number of aromatic nitrogens is 1. The molecule has 1 heterocycles. The van der Waals surface area contributed by atoms with Crippen molar-refractivity contribution < 1.29 is 9.90 Å². The maximum absolute atomic E-state index is 12.5. The summed E-state index contributed by atoms with van der Waals surface area (Å²) in [6, 6.07) is 3.47. The average molecular weight is 263 g/mol. The van der Waals surface area contributed by atoms with E-state index in [0.29, 0.717) is 17.9 Å². The molecule has 1 fully saturated rings. The molecule has 3 N–H and O–H groups in total. The van der Waals surface area contributed by atoms with Crippen molar-refractivity contribution in [2.24, 2.45) is 0 Å². The van der Waals surface area contributed by atoms with Gasteiger partial charge in [-0.15, -0.1) is 0 Å². The minimum Gasteiger partial charge on any atom is -0.399 e. The summed E-state index contributed by atoms with van der Waals surface area (Å²) in [5.41, 5.74) is 6.58. The first-order valence-corrected chi connectivity index (χ1v) is 6.85. The molecule has 0 aromatic carbocycles. The van der Waals surface area contributed by atoms with Gasteiger partial charge in [0.15, 0.2) is 0 Å². The van der Waals surface area contributed by atoms with Gasteiger partial charge in [-0.2, -0.15) is 0 Å². The largest absolute Gasteiger partial charge is 0.399 e. The second-order valence-electron chi connectivity index (χ2n) is 4.99. The van der Waals surface area contributed by atoms with Crippen LogP contribution in [0.15, 0.2) is 18.3 Å². The quantitative estimate of drug-likeness (QED) is 0.861. The number of nitrogen functional groups attached to an aromatic ring is 1. The van der Waals surface area contributed by atoms with Crippen LogP contribution in [0.1, 0.15) is 42.6 Å². The minimum atomic E-state index is -0.131. The maximum Gasteiger partial charge on any atom is 0.272 e. The minimum absolute atomic E-state index is 0.0233. The van der Waals surface area contributed by atoms with Gasteiger partial charge >= 0.3 is 0 Å². The van der Waals surface area contributed by atoms with Gasteiger partial charge in [-0.05, 0) is 25.0 Å². The molecule has 0 radical (unpaired) electrons. The van der Waals surface area contributed by atoms with E-state index in [9.17, 15) is 9.90 Å². The number of aliphatic hydroxyl groups excluding tert-OH is 1. The van der Waals surface area contributed by atoms with E-state index in [4.69, 9.17) is 5.73 Å². The summed E-state index contributed by atoms with van der Waals surface area (Å²) in [4.78, 5) is 18.3. The van der Waals surface area contributed by atoms with Crippen LogP contribution in [0.25, 0.3) is 0 Å². The van der Waals surface area contributed by atoms with Gasteiger partial charge in [0.05, 0.1) is 6.61 Å². The van der Waals surface area contributed by atoms with E-state index in [2.05, 4.69) is 4.98 Å². The number of nitrogens with zero attached hydrogens (tertiary/aromatic N) is 2. The third-order valence-electron chi connectivity index (χ3n) is 3.62. The van der Waals surface area contributed by atoms with Gasteiger partial charge in [-0.1, -0.05) is 19.3 Å². The van der Waals surface area contributed by atoms with Crippen molar-refractivity contribution in [3.05, 3.63) is 24.0 Å². The standard InChI is InChI=1S/C14H21N3O2/c15-11-6-7-16-13(10-11)14(19)17(8-9-18)12-4-2-1-3-5-12/h6-7,10,12,18H,1-5,8-9H2,(H2,15,16). The zero-order chi connectivity index (χ0) is 13.7. The van der Waals surface area contributed by atoms with Crippen LogP contribution in [0, 0.1) is 0 Å². The van der Waals surface area contributed by atoms with Crippen LogP contribution < -0.4 is 5.73 Å². The predicted octanol–water partition coefficient (Wildman–Crippen LogP) is 1.43. The van der Waals surface area contributed by atoms with Crippen molar-refractivity contribution in [3.8, 4) is 0 Å². The molecule has 0 spiro atoms. The smallest absolute Gasteiger partial charge is 0.272 e. The van der Waals surface area contributed by atoms with Crippen LogP contribution in [0.3, 0.4) is 0 Å². The van der Waals surface area contributed by atoms with E-state index >= 15 is 0 Å². The topological polar surface area (TPSA) is 79.5 Å². The van der Waals surface area contributed by atoms with Gasteiger partial charge in [0.2, 0.25) is 0 Å². The zero-order valence-electron chi connectivity index (χ0n) is 11.1. The fraction of sp³-hybridized carbons (Fsp3) is 0.571. The van der Waals surface area contributed by atoms with Gasteiger partial charge in [0.25, 0.3) is 5.91 Å². The number of carbonyl (C=O) groups is 1. The number of hydrogen-bond acceptors (Lipinski definition) is 4. The van der Waals surface area contributed by atoms with Crippen molar-refractivity contribution in [1.82, 2.24) is 9.88 Å². The van der Waals surface area contributed by atoms with E-state index in [-0.39, 0.29) is 18.6 Å². The first-order valence-electron chi connectivity index (χ1n) is 6.85. The third kappa shape index (κ3) is 3.44. The molecule has 5 heteroatoms. The number of aliphatic hydroxyl groups is 1. The fourth-order valence-corrected chi connectivity index (χ4v) is 2.66. The van der Waals surface area contributed by atoms with Crippen LogP contribution in [-0.2, 0) is 0 Å². The van der Waals surface area contributed by atoms with E-state index in [0.717, 1.165) is 25.7 Å². The molecular weight excluding hydrogens is 242 g/mol. The summed E-state index contributed by atoms with van der Waals surface area (Å²) in [6.45, 7) is 0.338. The lowest BCUT2D eigenvalue weighted by Crippen LogP contribution is -2.43. The second-order valence-corrected chi connectivity index (χ2v) is 4.99. The highest BCUT2D eigenvalue weighted by molar-refractivity contribution is 5.93. The molecule has 1 amide bonds. The summed E-state index contributed by atoms with van der Waals surface area (Å²) >= 11 is 0. The number of nitrogens with two attached hydrogens (primary N) is 1. The van der Waals surface area contributed by atoms with Crippen LogP contribution >= 0.6 is 0 Å². The second kappa shape index (κ2) is 6.52. The molecule has 1 aliphatic rings. The Balaban J connectivity index is 2.15. The molecule has 104 valence electrons. The van der Waals surface area contributed by atoms with Crippen molar-refractivity contribution in [2.75, 3.05) is 18.9 Å². The Labute approximate surface area is 113 Å². The molecule has 5 nitrogen and oxygen atoms in total. The summed E-state index contributed by atoms with van der Waals surface area (Å²) in [5.74, 6) is -0.131. The summed E-state index contributed by atoms with van der Waals surface area (Å²) in [5, 5.41) is 9.18. The first-order chi connectivity index (χ1) is 9.22. The van der Waals surface area contributed by atoms with Gasteiger partial charge in [-0.25, -0.2) is 0 Å². The average Bonchev–Trinajstić information content (AvgIpc) is 2.45. The highest BCUT2D eigenvalue weighted by Gasteiger charge is 2.26. The molecule has 0 saturated heterocycles. The Bertz CT molecular complexity index is 430. The van der Waals surface area contributed by atoms with Crippen molar-refractivity contribution in [2.45, 2.75) is 38.1 Å². The Morgan fingerprint density at radius 1 is 1.42 bits per heavy atom. The van der Waals surface area contributed by atoms with E-state index in [1.165, 1.54) is 6.42 Å². The molecule has 1 aromatic rings. The van der Waals surface area contributed by atoms with Crippen molar-refractivity contribution in [3.63, 3.8) is 0 Å². The predicted molar refractivity (Wildman–Crippen MR) is 73.6 cm³/mol. The molecule has 19 heavy (non-hydrogen) atoms. The number of pyridine rings is 1. The number of anilines is 1. The summed E-state index contributed by atoms with van der Waals surface area (Å²) in [6.07, 6.45) is 7.07. The van der Waals surface area contributed by atoms with Crippen molar-refractivity contribution >= 4 is 11.6 Å². The Hall–Kier alpha value is -1.62. The van der Waals surface area contributed by atoms with Gasteiger partial charge in [0, 0.05) is 24.5 Å². The molecule has 1 aliphatic carbocycles. The Morgan fingerprint density at radius 3 is 2.79 bits per heavy atom. The summed E-state index contributed by atoms with van der Waals surface area (Å²) in [7, 11) is 0. The van der Waals surface area contributed by atoms with E-state index in [1.54, 1.807) is 23.2 Å². The monoisotopic (exact) mass is 263 g/mol. The van der Waals surface area contributed by atoms with Crippen LogP contribution in [0.4, 0.5) is 5.69 Å². The highest BCUT2D eigenvalue weighted by Crippen LogP contribution is 2.23. The number of amides is 1. The zero-order valence-corrected chi connectivity index (χ0v) is 11.1. The van der Waals surface area contributed by atoms with Gasteiger partial charge in [-0.3, -0.25) is 9.78 Å². The molecule has 0 bridgehead atoms. The maximum atomic E-state index is 12.5. The SMILES string of the molecule is Nc1ccnc(C(=O)N(CCO)C2CCCCC2)c1. The van der Waals surface area contributed by atoms with Crippen LogP contribution in [0.2, 0.25) is 0 Å². The van der Waals surface area contributed by atoms with Crippen molar-refractivity contribution in [1.29, 1.82) is 0 Å². The molecule has 1 saturated carbocycles. The van der Waals surface area contributed by atoms with Crippen LogP contribution in [-0.4, -0.2) is 40.1 Å². The molecule has 0 aliphatic heterocycles. The fourth-order valence-electron chi connectivity index (χ4n) is 2.66. The molecule has 0 unspecified atom stereocenters. The third-order valence-corrected chi connectivity index (χ3v) is 3.62. The highest BCUT2D eigenvalue weighted by atomic mass is 16.3. The lowest BCUT2D eigenvalue weighted by atomic mass is 9.94. The van der Waals surface area contributed by atoms with E-state index < -0.39 is 0 Å². The molecule has 1 aromatic heterocycles. The molecule has 0 atom stereocenters. The Morgan fingerprint density at radius 2 is 2.16 bits per heavy atom. The normalized spacial score (nSPS) is 16.3. The van der Waals surface area contributed by atoms with Crippen LogP contribution in [0.5, 0.6) is 0 Å². The number of carbonyl (C=O) groups excluding carboxylic acids is 1. The lowest BCUT2D eigenvalue weighted by Gasteiger charge is -2.33. The summed E-state index contributed by atoms with van der Waals surface area (Å²) < 4.78 is 0. The number of rotatable bonds is 4. The molecular formula is C14H21N3O2. The van der Waals surface area contributed by atoms with Gasteiger partial charge < -0.3 is 15.7 Å². The molecule has 2 rings (SSSR count). The van der Waals surface area contributed by atoms with E-state index in [1.807, 2.05) is 0 Å². The number of hydrogen-bond donors (Lipinski definition) is 2. The first kappa shape index (κ1) is 13.8. The lowest BCUT2D eigenvalue weighted by molar-refractivity contribution is 0.0579. The Kier molecular flexibility index (Phi) is 4.74. The van der Waals surface area contributed by atoms with Gasteiger partial charge in [0.1, 0.15) is 5.69 Å².